The number of nitrogens with one attached hydrogen (secondary N) is 1. The van der Waals surface area contributed by atoms with E-state index in [2.05, 4.69) is 12.2 Å². The topological polar surface area (TPSA) is 48.2 Å². The van der Waals surface area contributed by atoms with Crippen LogP contribution in [0.4, 0.5) is 0 Å². The maximum absolute atomic E-state index is 11.7. The molecule has 0 radical (unpaired) electrons. The molecule has 0 bridgehead atoms. The highest BCUT2D eigenvalue weighted by molar-refractivity contribution is 5.94. The van der Waals surface area contributed by atoms with Crippen LogP contribution >= 0.6 is 0 Å². The van der Waals surface area contributed by atoms with E-state index < -0.39 is 0 Å². The maximum Gasteiger partial charge on any atom is 0.198 e. The van der Waals surface area contributed by atoms with E-state index in [1.807, 2.05) is 6.92 Å². The number of allylic oxidation sites excluding steroid dienone is 1. The number of Topliss-reactive ketones (excluding diaryl/α,β-unsaturated/α-hetero) is 1. The third-order valence-electron chi connectivity index (χ3n) is 3.45. The van der Waals surface area contributed by atoms with Crippen LogP contribution in [0.1, 0.15) is 46.0 Å². The van der Waals surface area contributed by atoms with Crippen molar-refractivity contribution >= 4 is 5.78 Å². The van der Waals surface area contributed by atoms with Gasteiger partial charge in [0.1, 0.15) is 0 Å². The van der Waals surface area contributed by atoms with Crippen molar-refractivity contribution in [3.63, 3.8) is 0 Å². The van der Waals surface area contributed by atoms with Gasteiger partial charge in [0, 0.05) is 6.42 Å². The fourth-order valence-electron chi connectivity index (χ4n) is 2.18. The molecule has 3 heteroatoms. The zero-order chi connectivity index (χ0) is 11.5. The number of ether oxygens (including phenoxy) is 1. The molecule has 1 saturated carbocycles. The molecular weight excluding hydrogens is 202 g/mol. The molecule has 0 atom stereocenters. The van der Waals surface area contributed by atoms with Crippen molar-refractivity contribution in [1.29, 1.82) is 0 Å². The first-order valence-electron chi connectivity index (χ1n) is 6.37. The van der Waals surface area contributed by atoms with Gasteiger partial charge in [-0.25, -0.2) is 0 Å². The smallest absolute Gasteiger partial charge is 0.198 e. The van der Waals surface area contributed by atoms with E-state index in [0.29, 0.717) is 12.2 Å². The lowest BCUT2D eigenvalue weighted by Crippen LogP contribution is -2.22. The zero-order valence-corrected chi connectivity index (χ0v) is 10.2. The molecule has 0 spiro atoms. The second-order valence-corrected chi connectivity index (χ2v) is 4.94. The Morgan fingerprint density at radius 3 is 2.50 bits per heavy atom. The van der Waals surface area contributed by atoms with Crippen molar-refractivity contribution in [3.8, 4) is 0 Å². The third-order valence-corrected chi connectivity index (χ3v) is 3.45. The van der Waals surface area contributed by atoms with Gasteiger partial charge in [0.15, 0.2) is 11.5 Å². The molecular formula is C13H21NO2. The lowest BCUT2D eigenvalue weighted by atomic mass is 9.89. The number of carbonyl (C=O) groups is 1. The van der Waals surface area contributed by atoms with E-state index in [0.717, 1.165) is 31.0 Å². The predicted octanol–water partition coefficient (Wildman–Crippen LogP) is 2.38. The lowest BCUT2D eigenvalue weighted by molar-refractivity contribution is -0.120. The molecule has 1 heterocycles. The van der Waals surface area contributed by atoms with Crippen LogP contribution in [0.15, 0.2) is 11.5 Å². The summed E-state index contributed by atoms with van der Waals surface area (Å²) >= 11 is 0. The minimum Gasteiger partial charge on any atom is -0.485 e. The monoisotopic (exact) mass is 223 g/mol. The number of carbonyl (C=O) groups excluding carboxylic acids is 1. The summed E-state index contributed by atoms with van der Waals surface area (Å²) in [5.41, 5.74) is 1.01. The normalized spacial score (nSPS) is 31.6. The number of hydrogen-bond donors (Lipinski definition) is 1. The van der Waals surface area contributed by atoms with Crippen molar-refractivity contribution in [1.82, 2.24) is 5.32 Å². The standard InChI is InChI=1S/C13H21NO2/c1-3-12(15)13(11-8-14-11)16-10-6-4-9(2)5-7-10/h9-10,14H,3-8H2,1-2H3/b13-11-. The van der Waals surface area contributed by atoms with Crippen LogP contribution in [0.25, 0.3) is 0 Å². The minimum atomic E-state index is 0.138. The molecule has 16 heavy (non-hydrogen) atoms. The molecule has 0 aromatic carbocycles. The lowest BCUT2D eigenvalue weighted by Gasteiger charge is -2.27. The van der Waals surface area contributed by atoms with E-state index in [-0.39, 0.29) is 11.9 Å². The van der Waals surface area contributed by atoms with Crippen LogP contribution in [0, 0.1) is 5.92 Å². The highest BCUT2D eigenvalue weighted by atomic mass is 16.5. The van der Waals surface area contributed by atoms with Gasteiger partial charge < -0.3 is 10.1 Å². The fraction of sp³-hybridized carbons (Fsp3) is 0.769. The summed E-state index contributed by atoms with van der Waals surface area (Å²) < 4.78 is 5.88. The molecule has 2 aliphatic rings. The van der Waals surface area contributed by atoms with Gasteiger partial charge in [0.25, 0.3) is 0 Å². The summed E-state index contributed by atoms with van der Waals surface area (Å²) in [5.74, 6) is 1.57. The van der Waals surface area contributed by atoms with Gasteiger partial charge in [-0.3, -0.25) is 4.79 Å². The third kappa shape index (κ3) is 2.77. The fourth-order valence-corrected chi connectivity index (χ4v) is 2.18. The van der Waals surface area contributed by atoms with Crippen molar-refractivity contribution < 1.29 is 9.53 Å². The Labute approximate surface area is 97.2 Å². The quantitative estimate of drug-likeness (QED) is 0.452. The Balaban J connectivity index is 1.92. The molecule has 0 amide bonds. The second kappa shape index (κ2) is 4.89. The first-order chi connectivity index (χ1) is 7.70. The average Bonchev–Trinajstić information content (AvgIpc) is 3.11. The Morgan fingerprint density at radius 2 is 2.00 bits per heavy atom. The summed E-state index contributed by atoms with van der Waals surface area (Å²) in [5, 5.41) is 3.08. The molecule has 3 nitrogen and oxygen atoms in total. The van der Waals surface area contributed by atoms with Crippen molar-refractivity contribution in [2.75, 3.05) is 6.54 Å². The van der Waals surface area contributed by atoms with Crippen molar-refractivity contribution in [3.05, 3.63) is 11.5 Å². The van der Waals surface area contributed by atoms with Gasteiger partial charge >= 0.3 is 0 Å². The van der Waals surface area contributed by atoms with Crippen LogP contribution in [-0.4, -0.2) is 18.4 Å². The van der Waals surface area contributed by atoms with Crippen LogP contribution < -0.4 is 5.32 Å². The SMILES string of the molecule is CCC(=O)/C(OC1CCC(C)CC1)=C1\CN1. The van der Waals surface area contributed by atoms with E-state index in [1.54, 1.807) is 0 Å². The molecule has 2 rings (SSSR count). The molecule has 1 aliphatic carbocycles. The Hall–Kier alpha value is -0.990. The Kier molecular flexibility index (Phi) is 3.52. The highest BCUT2D eigenvalue weighted by Gasteiger charge is 2.27. The summed E-state index contributed by atoms with van der Waals surface area (Å²) in [6.45, 7) is 5.00. The van der Waals surface area contributed by atoms with Crippen LogP contribution in [-0.2, 0) is 9.53 Å². The molecule has 2 fully saturated rings. The predicted molar refractivity (Wildman–Crippen MR) is 62.8 cm³/mol. The molecule has 90 valence electrons. The summed E-state index contributed by atoms with van der Waals surface area (Å²) in [6.07, 6.45) is 5.42. The van der Waals surface area contributed by atoms with E-state index in [9.17, 15) is 4.79 Å². The Morgan fingerprint density at radius 1 is 1.38 bits per heavy atom. The van der Waals surface area contributed by atoms with Gasteiger partial charge in [-0.2, -0.15) is 0 Å². The van der Waals surface area contributed by atoms with E-state index in [1.165, 1.54) is 12.8 Å². The number of hydrogen-bond acceptors (Lipinski definition) is 3. The molecule has 1 saturated heterocycles. The van der Waals surface area contributed by atoms with Crippen LogP contribution in [0.2, 0.25) is 0 Å². The molecule has 1 N–H and O–H groups in total. The van der Waals surface area contributed by atoms with Crippen molar-refractivity contribution in [2.24, 2.45) is 5.92 Å². The van der Waals surface area contributed by atoms with E-state index in [4.69, 9.17) is 4.74 Å². The minimum absolute atomic E-state index is 0.138. The van der Waals surface area contributed by atoms with E-state index >= 15 is 0 Å². The molecule has 0 unspecified atom stereocenters. The first kappa shape index (κ1) is 11.5. The molecule has 0 aromatic heterocycles. The summed E-state index contributed by atoms with van der Waals surface area (Å²) in [4.78, 5) is 11.7. The van der Waals surface area contributed by atoms with Gasteiger partial charge in [-0.15, -0.1) is 0 Å². The average molecular weight is 223 g/mol. The van der Waals surface area contributed by atoms with Gasteiger partial charge in [0.2, 0.25) is 0 Å². The van der Waals surface area contributed by atoms with Gasteiger partial charge in [-0.1, -0.05) is 13.8 Å². The maximum atomic E-state index is 11.7. The van der Waals surface area contributed by atoms with Gasteiger partial charge in [0.05, 0.1) is 18.3 Å². The highest BCUT2D eigenvalue weighted by Crippen LogP contribution is 2.28. The zero-order valence-electron chi connectivity index (χ0n) is 10.2. The second-order valence-electron chi connectivity index (χ2n) is 4.94. The number of ketones is 1. The largest absolute Gasteiger partial charge is 0.485 e. The van der Waals surface area contributed by atoms with Gasteiger partial charge in [-0.05, 0) is 31.6 Å². The Bertz CT molecular complexity index is 295. The summed E-state index contributed by atoms with van der Waals surface area (Å²) in [6, 6.07) is 0. The summed E-state index contributed by atoms with van der Waals surface area (Å²) in [7, 11) is 0. The van der Waals surface area contributed by atoms with Crippen LogP contribution in [0.3, 0.4) is 0 Å². The van der Waals surface area contributed by atoms with Crippen molar-refractivity contribution in [2.45, 2.75) is 52.1 Å². The first-order valence-corrected chi connectivity index (χ1v) is 6.37. The molecule has 1 aliphatic heterocycles. The number of rotatable bonds is 4. The van der Waals surface area contributed by atoms with Crippen LogP contribution in [0.5, 0.6) is 0 Å². The molecule has 0 aromatic rings.